The van der Waals surface area contributed by atoms with Crippen molar-refractivity contribution < 1.29 is 4.74 Å². The smallest absolute Gasteiger partial charge is 0.173 e. The Morgan fingerprint density at radius 2 is 1.95 bits per heavy atom. The Hall–Kier alpha value is -1.72. The molecule has 6 heteroatoms. The molecule has 0 saturated heterocycles. The van der Waals surface area contributed by atoms with E-state index in [1.54, 1.807) is 18.4 Å². The van der Waals surface area contributed by atoms with Crippen LogP contribution in [-0.2, 0) is 0 Å². The molecule has 3 rings (SSSR count). The van der Waals surface area contributed by atoms with Gasteiger partial charge in [-0.05, 0) is 26.0 Å². The molecule has 0 unspecified atom stereocenters. The van der Waals surface area contributed by atoms with Gasteiger partial charge >= 0.3 is 0 Å². The molecule has 20 heavy (non-hydrogen) atoms. The number of benzene rings is 1. The van der Waals surface area contributed by atoms with Crippen LogP contribution in [0.15, 0.2) is 18.2 Å². The maximum absolute atomic E-state index is 6.26. The highest BCUT2D eigenvalue weighted by molar-refractivity contribution is 7.15. The summed E-state index contributed by atoms with van der Waals surface area (Å²) < 4.78 is 5.22. The molecule has 0 bridgehead atoms. The predicted octanol–water partition coefficient (Wildman–Crippen LogP) is 4.03. The van der Waals surface area contributed by atoms with Crippen LogP contribution in [0.3, 0.4) is 0 Å². The summed E-state index contributed by atoms with van der Waals surface area (Å²) in [6, 6.07) is 5.57. The van der Waals surface area contributed by atoms with Gasteiger partial charge in [0, 0.05) is 11.5 Å². The number of ether oxygens (including phenoxy) is 1. The first-order valence-corrected chi connectivity index (χ1v) is 7.23. The maximum Gasteiger partial charge on any atom is 0.173 e. The molecule has 102 valence electrons. The number of nitrogens with zero attached hydrogens (tertiary/aromatic N) is 3. The summed E-state index contributed by atoms with van der Waals surface area (Å²) >= 11 is 7.83. The molecule has 4 nitrogen and oxygen atoms in total. The molecule has 3 aromatic rings. The summed E-state index contributed by atoms with van der Waals surface area (Å²) in [6.45, 7) is 3.92. The molecule has 0 saturated carbocycles. The average Bonchev–Trinajstić information content (AvgIpc) is 2.77. The molecule has 0 N–H and O–H groups in total. The molecule has 2 aromatic heterocycles. The van der Waals surface area contributed by atoms with E-state index in [0.29, 0.717) is 11.0 Å². The lowest BCUT2D eigenvalue weighted by atomic mass is 10.2. The molecule has 0 aliphatic heterocycles. The van der Waals surface area contributed by atoms with Crippen molar-refractivity contribution in [2.45, 2.75) is 13.8 Å². The van der Waals surface area contributed by atoms with Gasteiger partial charge in [0.1, 0.15) is 10.9 Å². The first-order chi connectivity index (χ1) is 9.58. The number of fused-ring (bicyclic) bond motifs is 1. The summed E-state index contributed by atoms with van der Waals surface area (Å²) in [5.74, 6) is 1.36. The van der Waals surface area contributed by atoms with Gasteiger partial charge in [-0.3, -0.25) is 0 Å². The van der Waals surface area contributed by atoms with Crippen molar-refractivity contribution in [1.82, 2.24) is 15.0 Å². The zero-order chi connectivity index (χ0) is 14.3. The van der Waals surface area contributed by atoms with Crippen LogP contribution in [0.5, 0.6) is 5.75 Å². The third kappa shape index (κ3) is 2.23. The van der Waals surface area contributed by atoms with E-state index in [9.17, 15) is 0 Å². The second-order valence-corrected chi connectivity index (χ2v) is 5.93. The fourth-order valence-electron chi connectivity index (χ4n) is 2.04. The van der Waals surface area contributed by atoms with Crippen LogP contribution in [-0.4, -0.2) is 22.1 Å². The quantitative estimate of drug-likeness (QED) is 0.671. The van der Waals surface area contributed by atoms with Gasteiger partial charge in [0.15, 0.2) is 5.82 Å². The molecular formula is C14H12ClN3OS. The normalized spacial score (nSPS) is 11.0. The minimum atomic E-state index is 0.443. The minimum absolute atomic E-state index is 0.443. The molecule has 0 spiro atoms. The number of rotatable bonds is 2. The SMILES string of the molecule is COc1ccc2c(Cl)nc(-c3sc(C)nc3C)nc2c1. The van der Waals surface area contributed by atoms with E-state index in [1.807, 2.05) is 32.0 Å². The molecule has 0 atom stereocenters. The summed E-state index contributed by atoms with van der Waals surface area (Å²) in [5, 5.41) is 2.25. The minimum Gasteiger partial charge on any atom is -0.497 e. The van der Waals surface area contributed by atoms with Gasteiger partial charge in [-0.1, -0.05) is 11.6 Å². The fourth-order valence-corrected chi connectivity index (χ4v) is 3.13. The standard InChI is InChI=1S/C14H12ClN3OS/c1-7-12(20-8(2)16-7)14-17-11-6-9(19-3)4-5-10(11)13(15)18-14/h4-6H,1-3H3. The van der Waals surface area contributed by atoms with E-state index in [0.717, 1.165) is 32.2 Å². The molecule has 0 fully saturated rings. The number of methoxy groups -OCH3 is 1. The lowest BCUT2D eigenvalue weighted by Crippen LogP contribution is -1.92. The monoisotopic (exact) mass is 305 g/mol. The predicted molar refractivity (Wildman–Crippen MR) is 81.7 cm³/mol. The second-order valence-electron chi connectivity index (χ2n) is 4.37. The zero-order valence-electron chi connectivity index (χ0n) is 11.3. The van der Waals surface area contributed by atoms with Gasteiger partial charge in [-0.15, -0.1) is 11.3 Å². The van der Waals surface area contributed by atoms with Gasteiger partial charge in [0.25, 0.3) is 0 Å². The number of aryl methyl sites for hydroxylation is 2. The third-order valence-corrected chi connectivity index (χ3v) is 4.32. The summed E-state index contributed by atoms with van der Waals surface area (Å²) in [6.07, 6.45) is 0. The Morgan fingerprint density at radius 3 is 2.60 bits per heavy atom. The van der Waals surface area contributed by atoms with Crippen LogP contribution in [0.4, 0.5) is 0 Å². The number of thiazole rings is 1. The van der Waals surface area contributed by atoms with Crippen LogP contribution >= 0.6 is 22.9 Å². The van der Waals surface area contributed by atoms with Gasteiger partial charge in [0.05, 0.1) is 28.2 Å². The van der Waals surface area contributed by atoms with E-state index < -0.39 is 0 Å². The van der Waals surface area contributed by atoms with E-state index >= 15 is 0 Å². The van der Waals surface area contributed by atoms with E-state index in [4.69, 9.17) is 16.3 Å². The van der Waals surface area contributed by atoms with Crippen LogP contribution < -0.4 is 4.74 Å². The molecule has 0 aliphatic carbocycles. The zero-order valence-corrected chi connectivity index (χ0v) is 12.8. The van der Waals surface area contributed by atoms with E-state index in [-0.39, 0.29) is 0 Å². The van der Waals surface area contributed by atoms with Gasteiger partial charge in [-0.2, -0.15) is 0 Å². The molecule has 0 amide bonds. The number of hydrogen-bond donors (Lipinski definition) is 0. The largest absolute Gasteiger partial charge is 0.497 e. The van der Waals surface area contributed by atoms with Gasteiger partial charge in [0.2, 0.25) is 0 Å². The number of halogens is 1. The van der Waals surface area contributed by atoms with E-state index in [2.05, 4.69) is 15.0 Å². The van der Waals surface area contributed by atoms with Crippen molar-refractivity contribution in [2.24, 2.45) is 0 Å². The molecule has 2 heterocycles. The molecule has 0 aliphatic rings. The van der Waals surface area contributed by atoms with Crippen molar-refractivity contribution in [2.75, 3.05) is 7.11 Å². The van der Waals surface area contributed by atoms with Crippen molar-refractivity contribution in [3.8, 4) is 16.5 Å². The fraction of sp³-hybridized carbons (Fsp3) is 0.214. The second kappa shape index (κ2) is 5.00. The Kier molecular flexibility index (Phi) is 3.31. The Labute approximate surface area is 125 Å². The third-order valence-electron chi connectivity index (χ3n) is 2.96. The maximum atomic E-state index is 6.26. The summed E-state index contributed by atoms with van der Waals surface area (Å²) in [5.41, 5.74) is 1.69. The highest BCUT2D eigenvalue weighted by atomic mass is 35.5. The van der Waals surface area contributed by atoms with Crippen LogP contribution in [0.2, 0.25) is 5.15 Å². The van der Waals surface area contributed by atoms with E-state index in [1.165, 1.54) is 0 Å². The molecular weight excluding hydrogens is 294 g/mol. The van der Waals surface area contributed by atoms with Gasteiger partial charge in [-0.25, -0.2) is 15.0 Å². The lowest BCUT2D eigenvalue weighted by molar-refractivity contribution is 0.415. The number of aromatic nitrogens is 3. The molecule has 1 aromatic carbocycles. The van der Waals surface area contributed by atoms with Crippen LogP contribution in [0.1, 0.15) is 10.7 Å². The summed E-state index contributed by atoms with van der Waals surface area (Å²) in [4.78, 5) is 14.3. The van der Waals surface area contributed by atoms with Crippen molar-refractivity contribution >= 4 is 33.8 Å². The lowest BCUT2D eigenvalue weighted by Gasteiger charge is -2.05. The highest BCUT2D eigenvalue weighted by Crippen LogP contribution is 2.31. The van der Waals surface area contributed by atoms with Gasteiger partial charge < -0.3 is 4.74 Å². The first-order valence-electron chi connectivity index (χ1n) is 6.04. The summed E-state index contributed by atoms with van der Waals surface area (Å²) in [7, 11) is 1.63. The highest BCUT2D eigenvalue weighted by Gasteiger charge is 2.13. The number of hydrogen-bond acceptors (Lipinski definition) is 5. The van der Waals surface area contributed by atoms with Crippen LogP contribution in [0.25, 0.3) is 21.6 Å². The van der Waals surface area contributed by atoms with Crippen molar-refractivity contribution in [3.05, 3.63) is 34.1 Å². The van der Waals surface area contributed by atoms with Crippen molar-refractivity contribution in [3.63, 3.8) is 0 Å². The van der Waals surface area contributed by atoms with Crippen molar-refractivity contribution in [1.29, 1.82) is 0 Å². The molecule has 0 radical (unpaired) electrons. The Bertz CT molecular complexity index is 800. The Morgan fingerprint density at radius 1 is 1.15 bits per heavy atom. The topological polar surface area (TPSA) is 47.9 Å². The Balaban J connectivity index is 2.24. The van der Waals surface area contributed by atoms with Crippen LogP contribution in [0, 0.1) is 13.8 Å². The first kappa shape index (κ1) is 13.3. The average molecular weight is 306 g/mol.